The van der Waals surface area contributed by atoms with Crippen molar-refractivity contribution in [3.05, 3.63) is 29.3 Å². The van der Waals surface area contributed by atoms with E-state index in [-0.39, 0.29) is 12.5 Å². The van der Waals surface area contributed by atoms with Gasteiger partial charge in [-0.1, -0.05) is 12.1 Å². The molecule has 1 aromatic rings. The molecule has 24 heavy (non-hydrogen) atoms. The Morgan fingerprint density at radius 1 is 1.08 bits per heavy atom. The van der Waals surface area contributed by atoms with E-state index in [1.54, 1.807) is 6.07 Å². The summed E-state index contributed by atoms with van der Waals surface area (Å²) in [5, 5.41) is 7.47. The maximum Gasteiger partial charge on any atom is 0.309 e. The van der Waals surface area contributed by atoms with E-state index in [0.29, 0.717) is 31.9 Å². The molecule has 0 radical (unpaired) electrons. The van der Waals surface area contributed by atoms with Crippen LogP contribution in [0.15, 0.2) is 18.2 Å². The van der Waals surface area contributed by atoms with E-state index in [2.05, 4.69) is 16.0 Å². The van der Waals surface area contributed by atoms with Gasteiger partial charge < -0.3 is 20.7 Å². The minimum atomic E-state index is -0.831. The van der Waals surface area contributed by atoms with Gasteiger partial charge in [0.1, 0.15) is 0 Å². The molecule has 0 spiro atoms. The average Bonchev–Trinajstić information content (AvgIpc) is 2.56. The molecule has 3 amide bonds. The van der Waals surface area contributed by atoms with Gasteiger partial charge in [-0.05, 0) is 44.4 Å². The van der Waals surface area contributed by atoms with Crippen LogP contribution in [0.2, 0.25) is 0 Å². The quantitative estimate of drug-likeness (QED) is 0.486. The summed E-state index contributed by atoms with van der Waals surface area (Å²) in [5.41, 5.74) is 2.71. The van der Waals surface area contributed by atoms with Gasteiger partial charge in [-0.25, -0.2) is 0 Å². The second-order valence-electron chi connectivity index (χ2n) is 5.28. The topological polar surface area (TPSA) is 96.5 Å². The van der Waals surface area contributed by atoms with Crippen LogP contribution in [0, 0.1) is 13.8 Å². The highest BCUT2D eigenvalue weighted by atomic mass is 16.5. The molecule has 0 aliphatic rings. The molecule has 1 rings (SSSR count). The number of anilines is 1. The smallest absolute Gasteiger partial charge is 0.309 e. The summed E-state index contributed by atoms with van der Waals surface area (Å²) in [6, 6.07) is 5.57. The highest BCUT2D eigenvalue weighted by Crippen LogP contribution is 2.17. The van der Waals surface area contributed by atoms with Crippen LogP contribution >= 0.6 is 0 Å². The maximum absolute atomic E-state index is 11.9. The van der Waals surface area contributed by atoms with Gasteiger partial charge >= 0.3 is 11.8 Å². The molecule has 7 heteroatoms. The van der Waals surface area contributed by atoms with Crippen molar-refractivity contribution in [3.63, 3.8) is 0 Å². The summed E-state index contributed by atoms with van der Waals surface area (Å²) in [6.07, 6.45) is 0.625. The minimum absolute atomic E-state index is 0.265. The molecule has 0 saturated heterocycles. The SMILES string of the molecule is CCOCCCNC(=O)C(=O)NCC(=O)Nc1cccc(C)c1C. The van der Waals surface area contributed by atoms with Gasteiger partial charge in [-0.2, -0.15) is 0 Å². The van der Waals surface area contributed by atoms with Gasteiger partial charge in [-0.3, -0.25) is 14.4 Å². The second kappa shape index (κ2) is 10.4. The van der Waals surface area contributed by atoms with Crippen molar-refractivity contribution in [2.75, 3.05) is 31.6 Å². The lowest BCUT2D eigenvalue weighted by atomic mass is 10.1. The van der Waals surface area contributed by atoms with Crippen LogP contribution in [0.25, 0.3) is 0 Å². The molecule has 132 valence electrons. The van der Waals surface area contributed by atoms with Crippen LogP contribution in [0.1, 0.15) is 24.5 Å². The molecular formula is C17H25N3O4. The predicted octanol–water partition coefficient (Wildman–Crippen LogP) is 0.901. The Balaban J connectivity index is 2.31. The maximum atomic E-state index is 11.9. The third kappa shape index (κ3) is 6.78. The van der Waals surface area contributed by atoms with E-state index in [1.165, 1.54) is 0 Å². The molecule has 0 saturated carbocycles. The second-order valence-corrected chi connectivity index (χ2v) is 5.28. The van der Waals surface area contributed by atoms with E-state index in [1.807, 2.05) is 32.9 Å². The van der Waals surface area contributed by atoms with Crippen LogP contribution < -0.4 is 16.0 Å². The van der Waals surface area contributed by atoms with Crippen molar-refractivity contribution in [1.82, 2.24) is 10.6 Å². The van der Waals surface area contributed by atoms with Gasteiger partial charge in [0.05, 0.1) is 6.54 Å². The van der Waals surface area contributed by atoms with Crippen LogP contribution in [0.5, 0.6) is 0 Å². The largest absolute Gasteiger partial charge is 0.382 e. The van der Waals surface area contributed by atoms with E-state index in [4.69, 9.17) is 4.74 Å². The first-order valence-electron chi connectivity index (χ1n) is 7.95. The lowest BCUT2D eigenvalue weighted by molar-refractivity contribution is -0.139. The normalized spacial score (nSPS) is 10.1. The molecular weight excluding hydrogens is 310 g/mol. The Morgan fingerprint density at radius 3 is 2.50 bits per heavy atom. The van der Waals surface area contributed by atoms with Crippen LogP contribution in [0.4, 0.5) is 5.69 Å². The first kappa shape index (κ1) is 19.6. The van der Waals surface area contributed by atoms with Crippen molar-refractivity contribution in [2.45, 2.75) is 27.2 Å². The molecule has 0 fully saturated rings. The third-order valence-corrected chi connectivity index (χ3v) is 3.45. The molecule has 1 aromatic carbocycles. The molecule has 0 aromatic heterocycles. The van der Waals surface area contributed by atoms with Crippen molar-refractivity contribution >= 4 is 23.4 Å². The molecule has 0 atom stereocenters. The van der Waals surface area contributed by atoms with E-state index in [9.17, 15) is 14.4 Å². The summed E-state index contributed by atoms with van der Waals surface area (Å²) < 4.78 is 5.12. The number of carbonyl (C=O) groups excluding carboxylic acids is 3. The number of carbonyl (C=O) groups is 3. The molecule has 0 aliphatic carbocycles. The third-order valence-electron chi connectivity index (χ3n) is 3.45. The summed E-state index contributed by atoms with van der Waals surface area (Å²) in [5.74, 6) is -1.98. The number of hydrogen-bond donors (Lipinski definition) is 3. The Kier molecular flexibility index (Phi) is 8.49. The number of amides is 3. The molecule has 7 nitrogen and oxygen atoms in total. The number of rotatable bonds is 8. The van der Waals surface area contributed by atoms with E-state index >= 15 is 0 Å². The lowest BCUT2D eigenvalue weighted by Crippen LogP contribution is -2.43. The Bertz CT molecular complexity index is 587. The Hall–Kier alpha value is -2.41. The number of nitrogens with one attached hydrogen (secondary N) is 3. The number of ether oxygens (including phenoxy) is 1. The highest BCUT2D eigenvalue weighted by molar-refractivity contribution is 6.35. The average molecular weight is 335 g/mol. The molecule has 0 bridgehead atoms. The number of aryl methyl sites for hydroxylation is 1. The fraction of sp³-hybridized carbons (Fsp3) is 0.471. The minimum Gasteiger partial charge on any atom is -0.382 e. The summed E-state index contributed by atoms with van der Waals surface area (Å²) >= 11 is 0. The zero-order valence-corrected chi connectivity index (χ0v) is 14.4. The fourth-order valence-corrected chi connectivity index (χ4v) is 1.92. The number of hydrogen-bond acceptors (Lipinski definition) is 4. The Labute approximate surface area is 142 Å². The molecule has 3 N–H and O–H groups in total. The van der Waals surface area contributed by atoms with Gasteiger partial charge in [0, 0.05) is 25.4 Å². The zero-order chi connectivity index (χ0) is 17.9. The summed E-state index contributed by atoms with van der Waals surface area (Å²) in [7, 11) is 0. The highest BCUT2D eigenvalue weighted by Gasteiger charge is 2.14. The number of benzene rings is 1. The first-order chi connectivity index (χ1) is 11.5. The summed E-state index contributed by atoms with van der Waals surface area (Å²) in [6.45, 7) is 6.96. The van der Waals surface area contributed by atoms with Gasteiger partial charge in [0.15, 0.2) is 0 Å². The molecule has 0 aliphatic heterocycles. The van der Waals surface area contributed by atoms with E-state index < -0.39 is 11.8 Å². The molecule has 0 unspecified atom stereocenters. The van der Waals surface area contributed by atoms with Crippen molar-refractivity contribution < 1.29 is 19.1 Å². The standard InChI is InChI=1S/C17H25N3O4/c1-4-24-10-6-9-18-16(22)17(23)19-11-15(21)20-14-8-5-7-12(2)13(14)3/h5,7-8H,4,6,9-11H2,1-3H3,(H,18,22)(H,19,23)(H,20,21). The zero-order valence-electron chi connectivity index (χ0n) is 14.4. The first-order valence-corrected chi connectivity index (χ1v) is 7.95. The Morgan fingerprint density at radius 2 is 1.79 bits per heavy atom. The summed E-state index contributed by atoms with van der Waals surface area (Å²) in [4.78, 5) is 35.0. The monoisotopic (exact) mass is 335 g/mol. The lowest BCUT2D eigenvalue weighted by Gasteiger charge is -2.11. The van der Waals surface area contributed by atoms with Crippen molar-refractivity contribution in [2.24, 2.45) is 0 Å². The molecule has 0 heterocycles. The van der Waals surface area contributed by atoms with Crippen LogP contribution in [-0.4, -0.2) is 44.0 Å². The van der Waals surface area contributed by atoms with Crippen molar-refractivity contribution in [1.29, 1.82) is 0 Å². The predicted molar refractivity (Wildman–Crippen MR) is 91.7 cm³/mol. The van der Waals surface area contributed by atoms with E-state index in [0.717, 1.165) is 11.1 Å². The van der Waals surface area contributed by atoms with Gasteiger partial charge in [-0.15, -0.1) is 0 Å². The van der Waals surface area contributed by atoms with Crippen molar-refractivity contribution in [3.8, 4) is 0 Å². The fourth-order valence-electron chi connectivity index (χ4n) is 1.92. The van der Waals surface area contributed by atoms with Gasteiger partial charge in [0.2, 0.25) is 5.91 Å². The van der Waals surface area contributed by atoms with Crippen LogP contribution in [-0.2, 0) is 19.1 Å². The van der Waals surface area contributed by atoms with Crippen LogP contribution in [0.3, 0.4) is 0 Å². The van der Waals surface area contributed by atoms with Gasteiger partial charge in [0.25, 0.3) is 0 Å².